The van der Waals surface area contributed by atoms with Crippen molar-refractivity contribution in [1.29, 1.82) is 0 Å². The number of ether oxygens (including phenoxy) is 1. The van der Waals surface area contributed by atoms with Gasteiger partial charge in [0.2, 0.25) is 6.29 Å². The number of aliphatic hydroxyl groups is 2. The van der Waals surface area contributed by atoms with E-state index in [0.29, 0.717) is 11.1 Å². The Morgan fingerprint density at radius 1 is 0.850 bits per heavy atom. The molecule has 1 aliphatic rings. The van der Waals surface area contributed by atoms with Gasteiger partial charge < -0.3 is 25.2 Å². The van der Waals surface area contributed by atoms with Gasteiger partial charge in [0, 0.05) is 11.6 Å². The van der Waals surface area contributed by atoms with Crippen molar-refractivity contribution in [3.05, 3.63) is 53.6 Å². The zero-order chi connectivity index (χ0) is 14.3. The third-order valence-electron chi connectivity index (χ3n) is 3.49. The highest BCUT2D eigenvalue weighted by Crippen LogP contribution is 2.44. The van der Waals surface area contributed by atoms with Gasteiger partial charge in [-0.15, -0.1) is 0 Å². The van der Waals surface area contributed by atoms with Crippen LogP contribution in [0.5, 0.6) is 17.2 Å². The summed E-state index contributed by atoms with van der Waals surface area (Å²) in [4.78, 5) is 0. The Bertz CT molecular complexity index is 623. The van der Waals surface area contributed by atoms with Crippen molar-refractivity contribution >= 4 is 0 Å². The van der Waals surface area contributed by atoms with Gasteiger partial charge in [0.15, 0.2) is 0 Å². The van der Waals surface area contributed by atoms with E-state index in [0.717, 1.165) is 0 Å². The molecule has 0 amide bonds. The molecule has 5 nitrogen and oxygen atoms in total. The molecule has 3 atom stereocenters. The molecular formula is C15H14O5. The van der Waals surface area contributed by atoms with Gasteiger partial charge in [0.1, 0.15) is 17.2 Å². The van der Waals surface area contributed by atoms with Crippen molar-refractivity contribution in [2.75, 3.05) is 0 Å². The molecule has 1 heterocycles. The van der Waals surface area contributed by atoms with E-state index in [1.807, 2.05) is 0 Å². The maximum Gasteiger partial charge on any atom is 0.207 e. The van der Waals surface area contributed by atoms with Crippen LogP contribution in [0.25, 0.3) is 0 Å². The van der Waals surface area contributed by atoms with Crippen molar-refractivity contribution < 1.29 is 25.2 Å². The summed E-state index contributed by atoms with van der Waals surface area (Å²) in [5.41, 5.74) is 1.16. The van der Waals surface area contributed by atoms with E-state index < -0.39 is 18.3 Å². The lowest BCUT2D eigenvalue weighted by Gasteiger charge is -2.34. The second kappa shape index (κ2) is 4.70. The van der Waals surface area contributed by atoms with E-state index in [2.05, 4.69) is 0 Å². The van der Waals surface area contributed by atoms with Gasteiger partial charge in [-0.25, -0.2) is 0 Å². The maximum absolute atomic E-state index is 10.4. The Morgan fingerprint density at radius 2 is 1.50 bits per heavy atom. The number of hydrogen-bond donors (Lipinski definition) is 4. The Labute approximate surface area is 115 Å². The number of hydrogen-bond acceptors (Lipinski definition) is 5. The lowest BCUT2D eigenvalue weighted by atomic mass is 9.86. The third-order valence-corrected chi connectivity index (χ3v) is 3.49. The van der Waals surface area contributed by atoms with Gasteiger partial charge in [0.05, 0.1) is 12.0 Å². The summed E-state index contributed by atoms with van der Waals surface area (Å²) < 4.78 is 5.35. The third kappa shape index (κ3) is 2.07. The van der Waals surface area contributed by atoms with Gasteiger partial charge in [-0.3, -0.25) is 0 Å². The minimum atomic E-state index is -1.23. The predicted molar refractivity (Wildman–Crippen MR) is 70.5 cm³/mol. The summed E-state index contributed by atoms with van der Waals surface area (Å²) in [5.74, 6) is -0.279. The molecule has 0 spiro atoms. The molecule has 1 aliphatic heterocycles. The van der Waals surface area contributed by atoms with E-state index >= 15 is 0 Å². The molecule has 20 heavy (non-hydrogen) atoms. The molecule has 0 aliphatic carbocycles. The summed E-state index contributed by atoms with van der Waals surface area (Å²) in [6, 6.07) is 10.6. The molecule has 0 bridgehead atoms. The minimum Gasteiger partial charge on any atom is -0.508 e. The van der Waals surface area contributed by atoms with Gasteiger partial charge in [-0.1, -0.05) is 12.1 Å². The number of aliphatic hydroxyl groups excluding tert-OH is 2. The molecule has 0 saturated heterocycles. The number of aromatic hydroxyl groups is 2. The fourth-order valence-electron chi connectivity index (χ4n) is 2.47. The Balaban J connectivity index is 2.01. The van der Waals surface area contributed by atoms with Crippen LogP contribution in [0.4, 0.5) is 0 Å². The summed E-state index contributed by atoms with van der Waals surface area (Å²) in [6.07, 6.45) is -2.19. The smallest absolute Gasteiger partial charge is 0.207 e. The first-order valence-corrected chi connectivity index (χ1v) is 6.21. The Hall–Kier alpha value is -2.24. The van der Waals surface area contributed by atoms with Crippen LogP contribution in [0, 0.1) is 0 Å². The lowest BCUT2D eigenvalue weighted by Crippen LogP contribution is -2.34. The zero-order valence-electron chi connectivity index (χ0n) is 10.5. The normalized spacial score (nSPS) is 24.8. The molecule has 1 unspecified atom stereocenters. The van der Waals surface area contributed by atoms with Crippen LogP contribution in [0.1, 0.15) is 23.1 Å². The quantitative estimate of drug-likeness (QED) is 0.634. The van der Waals surface area contributed by atoms with Crippen LogP contribution in [-0.2, 0) is 0 Å². The highest BCUT2D eigenvalue weighted by molar-refractivity contribution is 5.45. The zero-order valence-corrected chi connectivity index (χ0v) is 10.5. The minimum absolute atomic E-state index is 0.00577. The van der Waals surface area contributed by atoms with Gasteiger partial charge in [-0.2, -0.15) is 0 Å². The van der Waals surface area contributed by atoms with Crippen molar-refractivity contribution in [3.63, 3.8) is 0 Å². The summed E-state index contributed by atoms with van der Waals surface area (Å²) >= 11 is 0. The van der Waals surface area contributed by atoms with Crippen LogP contribution in [0.15, 0.2) is 42.5 Å². The SMILES string of the molecule is Oc1ccc([C@@H]2C(O)Oc3cc(O)ccc3[C@@H]2O)cc1. The topological polar surface area (TPSA) is 90.2 Å². The predicted octanol–water partition coefficient (Wildman–Crippen LogP) is 1.63. The largest absolute Gasteiger partial charge is 0.508 e. The number of phenolic OH excluding ortho intramolecular Hbond substituents is 2. The summed E-state index contributed by atoms with van der Waals surface area (Å²) in [6.45, 7) is 0. The summed E-state index contributed by atoms with van der Waals surface area (Å²) in [7, 11) is 0. The number of benzene rings is 2. The van der Waals surface area contributed by atoms with Crippen LogP contribution < -0.4 is 4.74 Å². The standard InChI is InChI=1S/C15H14O5/c16-9-3-1-8(2-4-9)13-14(18)11-6-5-10(17)7-12(11)20-15(13)19/h1-7,13-19H/t13-,14-,15?/m0/s1. The average Bonchev–Trinajstić information content (AvgIpc) is 2.40. The molecular weight excluding hydrogens is 260 g/mol. The monoisotopic (exact) mass is 274 g/mol. The Morgan fingerprint density at radius 3 is 2.20 bits per heavy atom. The van der Waals surface area contributed by atoms with Crippen LogP contribution in [-0.4, -0.2) is 26.7 Å². The maximum atomic E-state index is 10.4. The average molecular weight is 274 g/mol. The number of fused-ring (bicyclic) bond motifs is 1. The van der Waals surface area contributed by atoms with E-state index in [1.54, 1.807) is 18.2 Å². The van der Waals surface area contributed by atoms with E-state index in [1.165, 1.54) is 24.3 Å². The molecule has 104 valence electrons. The van der Waals surface area contributed by atoms with Crippen molar-refractivity contribution in [2.45, 2.75) is 18.3 Å². The molecule has 2 aromatic carbocycles. The summed E-state index contributed by atoms with van der Waals surface area (Å²) in [5, 5.41) is 39.2. The fourth-order valence-corrected chi connectivity index (χ4v) is 2.47. The van der Waals surface area contributed by atoms with Crippen molar-refractivity contribution in [3.8, 4) is 17.2 Å². The molecule has 5 heteroatoms. The first-order chi connectivity index (χ1) is 9.56. The van der Waals surface area contributed by atoms with E-state index in [-0.39, 0.29) is 17.2 Å². The Kier molecular flexibility index (Phi) is 3.00. The highest BCUT2D eigenvalue weighted by atomic mass is 16.6. The van der Waals surface area contributed by atoms with Crippen LogP contribution in [0.2, 0.25) is 0 Å². The first-order valence-electron chi connectivity index (χ1n) is 6.21. The number of phenols is 2. The second-order valence-corrected chi connectivity index (χ2v) is 4.79. The van der Waals surface area contributed by atoms with Gasteiger partial charge >= 0.3 is 0 Å². The van der Waals surface area contributed by atoms with E-state index in [9.17, 15) is 20.4 Å². The van der Waals surface area contributed by atoms with Crippen molar-refractivity contribution in [2.24, 2.45) is 0 Å². The van der Waals surface area contributed by atoms with Crippen LogP contribution >= 0.6 is 0 Å². The molecule has 0 saturated carbocycles. The lowest BCUT2D eigenvalue weighted by molar-refractivity contribution is -0.0883. The molecule has 2 aromatic rings. The van der Waals surface area contributed by atoms with Gasteiger partial charge in [-0.05, 0) is 29.8 Å². The van der Waals surface area contributed by atoms with Crippen LogP contribution in [0.3, 0.4) is 0 Å². The molecule has 3 rings (SSSR count). The van der Waals surface area contributed by atoms with Crippen molar-refractivity contribution in [1.82, 2.24) is 0 Å². The molecule has 4 N–H and O–H groups in total. The first kappa shape index (κ1) is 12.8. The van der Waals surface area contributed by atoms with E-state index in [4.69, 9.17) is 4.74 Å². The van der Waals surface area contributed by atoms with Gasteiger partial charge in [0.25, 0.3) is 0 Å². The fraction of sp³-hybridized carbons (Fsp3) is 0.200. The molecule has 0 fully saturated rings. The second-order valence-electron chi connectivity index (χ2n) is 4.79. The molecule has 0 aromatic heterocycles. The number of rotatable bonds is 1. The highest BCUT2D eigenvalue weighted by Gasteiger charge is 2.37. The molecule has 0 radical (unpaired) electrons.